The molecule has 0 bridgehead atoms. The summed E-state index contributed by atoms with van der Waals surface area (Å²) < 4.78 is 5.79. The molecule has 0 N–H and O–H groups in total. The molecule has 3 nitrogen and oxygen atoms in total. The molecule has 4 rings (SSSR count). The summed E-state index contributed by atoms with van der Waals surface area (Å²) in [5.41, 5.74) is 2.46. The Morgan fingerprint density at radius 1 is 1.05 bits per heavy atom. The number of carbonyl (C=O) groups excluding carboxylic acids is 1. The van der Waals surface area contributed by atoms with Gasteiger partial charge in [0, 0.05) is 23.6 Å². The van der Waals surface area contributed by atoms with Crippen molar-refractivity contribution in [1.29, 1.82) is 0 Å². The van der Waals surface area contributed by atoms with Crippen LogP contribution in [0.5, 0.6) is 5.75 Å². The number of hydrogen-bond acceptors (Lipinski definition) is 3. The number of Topliss-reactive ketones (excluding diaryl/α,β-unsaturated/α-hetero) is 1. The first-order valence-corrected chi connectivity index (χ1v) is 6.95. The third-order valence-corrected chi connectivity index (χ3v) is 3.84. The van der Waals surface area contributed by atoms with Crippen molar-refractivity contribution in [2.24, 2.45) is 0 Å². The van der Waals surface area contributed by atoms with Crippen LogP contribution in [0.25, 0.3) is 10.9 Å². The molecule has 102 valence electrons. The van der Waals surface area contributed by atoms with Crippen molar-refractivity contribution in [2.75, 3.05) is 0 Å². The standard InChI is InChI=1S/C18H13NO2/c20-18(16-11-13-5-1-2-9-15(13)21-16)14-8-3-6-12-7-4-10-19-17(12)14/h1-10,16H,11H2. The second kappa shape index (κ2) is 4.70. The molecule has 0 radical (unpaired) electrons. The van der Waals surface area contributed by atoms with Crippen LogP contribution in [0.2, 0.25) is 0 Å². The minimum absolute atomic E-state index is 0.00417. The van der Waals surface area contributed by atoms with E-state index in [-0.39, 0.29) is 5.78 Å². The Balaban J connectivity index is 1.72. The molecule has 0 saturated carbocycles. The highest BCUT2D eigenvalue weighted by Gasteiger charge is 2.30. The molecular formula is C18H13NO2. The molecule has 21 heavy (non-hydrogen) atoms. The molecule has 2 aromatic carbocycles. The number of ketones is 1. The summed E-state index contributed by atoms with van der Waals surface area (Å²) in [6.07, 6.45) is 1.89. The zero-order valence-corrected chi connectivity index (χ0v) is 11.3. The molecule has 0 amide bonds. The zero-order valence-electron chi connectivity index (χ0n) is 11.3. The summed E-state index contributed by atoms with van der Waals surface area (Å²) in [7, 11) is 0. The average molecular weight is 275 g/mol. The fourth-order valence-electron chi connectivity index (χ4n) is 2.80. The maximum atomic E-state index is 12.8. The minimum atomic E-state index is -0.449. The maximum absolute atomic E-state index is 12.8. The molecular weight excluding hydrogens is 262 g/mol. The lowest BCUT2D eigenvalue weighted by Gasteiger charge is -2.11. The highest BCUT2D eigenvalue weighted by Crippen LogP contribution is 2.30. The fraction of sp³-hybridized carbons (Fsp3) is 0.111. The van der Waals surface area contributed by atoms with Crippen molar-refractivity contribution in [3.05, 3.63) is 71.9 Å². The van der Waals surface area contributed by atoms with Gasteiger partial charge in [-0.15, -0.1) is 0 Å². The number of carbonyl (C=O) groups is 1. The Labute approximate surface area is 122 Å². The van der Waals surface area contributed by atoms with E-state index < -0.39 is 6.10 Å². The first-order chi connectivity index (χ1) is 10.3. The van der Waals surface area contributed by atoms with E-state index in [4.69, 9.17) is 4.74 Å². The van der Waals surface area contributed by atoms with Gasteiger partial charge >= 0.3 is 0 Å². The van der Waals surface area contributed by atoms with Crippen molar-refractivity contribution >= 4 is 16.7 Å². The third kappa shape index (κ3) is 1.98. The number of aromatic nitrogens is 1. The van der Waals surface area contributed by atoms with Crippen molar-refractivity contribution < 1.29 is 9.53 Å². The van der Waals surface area contributed by atoms with Gasteiger partial charge in [0.1, 0.15) is 5.75 Å². The lowest BCUT2D eigenvalue weighted by atomic mass is 9.99. The van der Waals surface area contributed by atoms with Crippen LogP contribution >= 0.6 is 0 Å². The highest BCUT2D eigenvalue weighted by atomic mass is 16.5. The quantitative estimate of drug-likeness (QED) is 0.673. The largest absolute Gasteiger partial charge is 0.482 e. The maximum Gasteiger partial charge on any atom is 0.205 e. The first-order valence-electron chi connectivity index (χ1n) is 6.95. The van der Waals surface area contributed by atoms with Crippen molar-refractivity contribution in [2.45, 2.75) is 12.5 Å². The van der Waals surface area contributed by atoms with Crippen molar-refractivity contribution in [3.8, 4) is 5.75 Å². The highest BCUT2D eigenvalue weighted by molar-refractivity contribution is 6.09. The van der Waals surface area contributed by atoms with E-state index in [0.29, 0.717) is 12.0 Å². The Bertz CT molecular complexity index is 811. The van der Waals surface area contributed by atoms with Gasteiger partial charge in [-0.3, -0.25) is 9.78 Å². The zero-order chi connectivity index (χ0) is 14.2. The predicted molar refractivity (Wildman–Crippen MR) is 80.6 cm³/mol. The van der Waals surface area contributed by atoms with E-state index in [1.165, 1.54) is 0 Å². The molecule has 0 aliphatic carbocycles. The number of ether oxygens (including phenoxy) is 1. The Hall–Kier alpha value is -2.68. The smallest absolute Gasteiger partial charge is 0.205 e. The molecule has 1 atom stereocenters. The van der Waals surface area contributed by atoms with Gasteiger partial charge in [0.15, 0.2) is 6.10 Å². The predicted octanol–water partition coefficient (Wildman–Crippen LogP) is 3.42. The lowest BCUT2D eigenvalue weighted by molar-refractivity contribution is 0.0826. The van der Waals surface area contributed by atoms with Crippen LogP contribution in [0, 0.1) is 0 Å². The van der Waals surface area contributed by atoms with E-state index >= 15 is 0 Å². The van der Waals surface area contributed by atoms with Gasteiger partial charge in [-0.25, -0.2) is 0 Å². The van der Waals surface area contributed by atoms with Gasteiger partial charge in [0.2, 0.25) is 5.78 Å². The topological polar surface area (TPSA) is 39.2 Å². The molecule has 3 aromatic rings. The van der Waals surface area contributed by atoms with Crippen LogP contribution in [0.4, 0.5) is 0 Å². The molecule has 1 aliphatic rings. The number of fused-ring (bicyclic) bond motifs is 2. The van der Waals surface area contributed by atoms with Crippen LogP contribution in [0.3, 0.4) is 0 Å². The summed E-state index contributed by atoms with van der Waals surface area (Å²) in [6.45, 7) is 0. The SMILES string of the molecule is O=C(c1cccc2cccnc12)C1Cc2ccccc2O1. The second-order valence-corrected chi connectivity index (χ2v) is 5.16. The Kier molecular flexibility index (Phi) is 2.71. The van der Waals surface area contributed by atoms with Gasteiger partial charge in [0.25, 0.3) is 0 Å². The number of nitrogens with zero attached hydrogens (tertiary/aromatic N) is 1. The van der Waals surface area contributed by atoms with Gasteiger partial charge in [-0.2, -0.15) is 0 Å². The first kappa shape index (κ1) is 12.1. The molecule has 1 unspecified atom stereocenters. The van der Waals surface area contributed by atoms with E-state index in [9.17, 15) is 4.79 Å². The molecule has 0 saturated heterocycles. The van der Waals surface area contributed by atoms with Crippen LogP contribution in [0.1, 0.15) is 15.9 Å². The Morgan fingerprint density at radius 3 is 2.81 bits per heavy atom. The number of hydrogen-bond donors (Lipinski definition) is 0. The summed E-state index contributed by atoms with van der Waals surface area (Å²) in [5.74, 6) is 0.805. The third-order valence-electron chi connectivity index (χ3n) is 3.84. The number of pyridine rings is 1. The van der Waals surface area contributed by atoms with Gasteiger partial charge in [-0.05, 0) is 23.8 Å². The summed E-state index contributed by atoms with van der Waals surface area (Å²) in [4.78, 5) is 17.1. The molecule has 1 aromatic heterocycles. The van der Waals surface area contributed by atoms with Crippen molar-refractivity contribution in [3.63, 3.8) is 0 Å². The van der Waals surface area contributed by atoms with Crippen LogP contribution in [-0.4, -0.2) is 16.9 Å². The van der Waals surface area contributed by atoms with E-state index in [1.54, 1.807) is 6.20 Å². The van der Waals surface area contributed by atoms with Crippen LogP contribution < -0.4 is 4.74 Å². The van der Waals surface area contributed by atoms with Gasteiger partial charge in [-0.1, -0.05) is 36.4 Å². The fourth-order valence-corrected chi connectivity index (χ4v) is 2.80. The summed E-state index contributed by atoms with van der Waals surface area (Å²) in [6, 6.07) is 17.3. The lowest BCUT2D eigenvalue weighted by Crippen LogP contribution is -2.25. The summed E-state index contributed by atoms with van der Waals surface area (Å²) in [5, 5.41) is 0.971. The van der Waals surface area contributed by atoms with E-state index in [2.05, 4.69) is 4.98 Å². The normalized spacial score (nSPS) is 16.5. The number of benzene rings is 2. The van der Waals surface area contributed by atoms with Crippen LogP contribution in [-0.2, 0) is 6.42 Å². The molecule has 0 fully saturated rings. The average Bonchev–Trinajstić information content (AvgIpc) is 2.97. The molecule has 3 heteroatoms. The molecule has 1 aliphatic heterocycles. The van der Waals surface area contributed by atoms with E-state index in [1.807, 2.05) is 54.6 Å². The second-order valence-electron chi connectivity index (χ2n) is 5.16. The van der Waals surface area contributed by atoms with Gasteiger partial charge in [0.05, 0.1) is 5.52 Å². The molecule has 2 heterocycles. The molecule has 0 spiro atoms. The number of para-hydroxylation sites is 2. The minimum Gasteiger partial charge on any atom is -0.482 e. The van der Waals surface area contributed by atoms with E-state index in [0.717, 1.165) is 22.2 Å². The number of rotatable bonds is 2. The monoisotopic (exact) mass is 275 g/mol. The van der Waals surface area contributed by atoms with Gasteiger partial charge < -0.3 is 4.74 Å². The van der Waals surface area contributed by atoms with Crippen LogP contribution in [0.15, 0.2) is 60.8 Å². The van der Waals surface area contributed by atoms with Crippen molar-refractivity contribution in [1.82, 2.24) is 4.98 Å². The Morgan fingerprint density at radius 2 is 1.90 bits per heavy atom. The summed E-state index contributed by atoms with van der Waals surface area (Å²) >= 11 is 0.